The van der Waals surface area contributed by atoms with Gasteiger partial charge < -0.3 is 19.9 Å². The quantitative estimate of drug-likeness (QED) is 0.440. The average molecular weight is 345 g/mol. The molecule has 0 unspecified atom stereocenters. The van der Waals surface area contributed by atoms with Crippen molar-refractivity contribution in [2.45, 2.75) is 66.6 Å². The molecular formula is C17H31NO6. The molecule has 0 aliphatic carbocycles. The van der Waals surface area contributed by atoms with Gasteiger partial charge >= 0.3 is 18.0 Å². The van der Waals surface area contributed by atoms with Crippen LogP contribution in [-0.4, -0.2) is 36.0 Å². The van der Waals surface area contributed by atoms with E-state index in [4.69, 9.17) is 14.6 Å². The molecule has 0 fully saturated rings. The van der Waals surface area contributed by atoms with Crippen LogP contribution >= 0.6 is 0 Å². The van der Waals surface area contributed by atoms with Gasteiger partial charge in [0.15, 0.2) is 0 Å². The molecular weight excluding hydrogens is 314 g/mol. The van der Waals surface area contributed by atoms with E-state index in [9.17, 15) is 14.4 Å². The van der Waals surface area contributed by atoms with Crippen LogP contribution in [0.15, 0.2) is 0 Å². The molecule has 140 valence electrons. The number of amides is 1. The summed E-state index contributed by atoms with van der Waals surface area (Å²) in [7, 11) is 0. The number of aliphatic carboxylic acids is 1. The summed E-state index contributed by atoms with van der Waals surface area (Å²) in [6.45, 7) is 9.19. The van der Waals surface area contributed by atoms with Gasteiger partial charge in [-0.05, 0) is 18.3 Å². The first-order valence-electron chi connectivity index (χ1n) is 8.52. The van der Waals surface area contributed by atoms with Gasteiger partial charge in [-0.25, -0.2) is 4.79 Å². The highest BCUT2D eigenvalue weighted by Crippen LogP contribution is 2.19. The smallest absolute Gasteiger partial charge is 0.410 e. The van der Waals surface area contributed by atoms with Gasteiger partial charge in [0.25, 0.3) is 0 Å². The molecule has 0 aromatic rings. The van der Waals surface area contributed by atoms with Crippen LogP contribution < -0.4 is 5.32 Å². The van der Waals surface area contributed by atoms with Crippen LogP contribution in [0, 0.1) is 17.8 Å². The molecule has 0 heterocycles. The molecule has 0 aromatic carbocycles. The van der Waals surface area contributed by atoms with Gasteiger partial charge in [0.1, 0.15) is 0 Å². The van der Waals surface area contributed by atoms with Crippen molar-refractivity contribution in [1.82, 2.24) is 5.32 Å². The number of alkyl carbamates (subject to hydrolysis) is 1. The van der Waals surface area contributed by atoms with E-state index < -0.39 is 24.3 Å². The summed E-state index contributed by atoms with van der Waals surface area (Å²) in [5.74, 6) is -1.42. The van der Waals surface area contributed by atoms with Crippen LogP contribution in [0.3, 0.4) is 0 Å². The fourth-order valence-corrected chi connectivity index (χ4v) is 2.41. The van der Waals surface area contributed by atoms with Crippen molar-refractivity contribution in [3.63, 3.8) is 0 Å². The minimum atomic E-state index is -0.989. The van der Waals surface area contributed by atoms with Crippen molar-refractivity contribution in [2.75, 3.05) is 6.54 Å². The Morgan fingerprint density at radius 1 is 1.08 bits per heavy atom. The van der Waals surface area contributed by atoms with Crippen LogP contribution in [0.25, 0.3) is 0 Å². The third-order valence-corrected chi connectivity index (χ3v) is 3.54. The first-order chi connectivity index (χ1) is 11.1. The maximum Gasteiger partial charge on any atom is 0.410 e. The first kappa shape index (κ1) is 22.2. The molecule has 0 aromatic heterocycles. The van der Waals surface area contributed by atoms with E-state index >= 15 is 0 Å². The molecule has 7 heteroatoms. The Kier molecular flexibility index (Phi) is 10.8. The zero-order valence-corrected chi connectivity index (χ0v) is 15.3. The number of carbonyl (C=O) groups is 3. The summed E-state index contributed by atoms with van der Waals surface area (Å²) >= 11 is 0. The van der Waals surface area contributed by atoms with Crippen LogP contribution in [0.4, 0.5) is 4.79 Å². The minimum Gasteiger partial charge on any atom is -0.481 e. The standard InChI is InChI=1S/C17H31NO6/c1-6-7-12(4)8-14(9-15(19)20)10-18-17(22)24-13(5)23-16(21)11(2)3/h11-14H,6-10H2,1-5H3,(H,18,22)(H,19,20)/t12-,13+,14+/m1/s1. The third kappa shape index (κ3) is 10.9. The molecule has 24 heavy (non-hydrogen) atoms. The van der Waals surface area contributed by atoms with E-state index in [0.29, 0.717) is 5.92 Å². The number of esters is 1. The summed E-state index contributed by atoms with van der Waals surface area (Å²) in [4.78, 5) is 34.1. The van der Waals surface area contributed by atoms with Gasteiger partial charge in [-0.1, -0.05) is 40.5 Å². The predicted octanol–water partition coefficient (Wildman–Crippen LogP) is 3.18. The number of carboxylic acids is 1. The minimum absolute atomic E-state index is 0.00772. The predicted molar refractivity (Wildman–Crippen MR) is 89.3 cm³/mol. The Balaban J connectivity index is 4.33. The number of hydrogen-bond donors (Lipinski definition) is 2. The van der Waals surface area contributed by atoms with Crippen molar-refractivity contribution < 1.29 is 29.0 Å². The summed E-state index contributed by atoms with van der Waals surface area (Å²) in [6, 6.07) is 0. The number of hydrogen-bond acceptors (Lipinski definition) is 5. The molecule has 1 amide bonds. The topological polar surface area (TPSA) is 102 Å². The van der Waals surface area contributed by atoms with Crippen molar-refractivity contribution in [3.05, 3.63) is 0 Å². The monoisotopic (exact) mass is 345 g/mol. The van der Waals surface area contributed by atoms with Crippen molar-refractivity contribution in [1.29, 1.82) is 0 Å². The number of carboxylic acid groups (broad SMARTS) is 1. The van der Waals surface area contributed by atoms with Crippen LogP contribution in [0.1, 0.15) is 60.3 Å². The van der Waals surface area contributed by atoms with E-state index in [1.165, 1.54) is 6.92 Å². The lowest BCUT2D eigenvalue weighted by molar-refractivity contribution is -0.168. The number of nitrogens with one attached hydrogen (secondary N) is 1. The highest BCUT2D eigenvalue weighted by molar-refractivity contribution is 5.72. The fraction of sp³-hybridized carbons (Fsp3) is 0.824. The number of rotatable bonds is 11. The molecule has 3 atom stereocenters. The fourth-order valence-electron chi connectivity index (χ4n) is 2.41. The second-order valence-electron chi connectivity index (χ2n) is 6.54. The van der Waals surface area contributed by atoms with Gasteiger partial charge in [0, 0.05) is 19.9 Å². The van der Waals surface area contributed by atoms with E-state index in [0.717, 1.165) is 19.3 Å². The van der Waals surface area contributed by atoms with Gasteiger partial charge in [-0.3, -0.25) is 9.59 Å². The van der Waals surface area contributed by atoms with E-state index in [-0.39, 0.29) is 24.8 Å². The molecule has 0 rings (SSSR count). The first-order valence-corrected chi connectivity index (χ1v) is 8.52. The Morgan fingerprint density at radius 3 is 2.21 bits per heavy atom. The van der Waals surface area contributed by atoms with Crippen LogP contribution in [-0.2, 0) is 19.1 Å². The molecule has 0 spiro atoms. The van der Waals surface area contributed by atoms with Crippen LogP contribution in [0.5, 0.6) is 0 Å². The SMILES string of the molecule is CCC[C@@H](C)C[C@H](CNC(=O)O[C@@H](C)OC(=O)C(C)C)CC(=O)O. The van der Waals surface area contributed by atoms with E-state index in [2.05, 4.69) is 19.2 Å². The average Bonchev–Trinajstić information content (AvgIpc) is 2.44. The van der Waals surface area contributed by atoms with Crippen molar-refractivity contribution >= 4 is 18.0 Å². The van der Waals surface area contributed by atoms with Crippen LogP contribution in [0.2, 0.25) is 0 Å². The molecule has 0 radical (unpaired) electrons. The Labute approximate surface area is 144 Å². The molecule has 2 N–H and O–H groups in total. The van der Waals surface area contributed by atoms with E-state index in [1.54, 1.807) is 13.8 Å². The Hall–Kier alpha value is -1.79. The maximum absolute atomic E-state index is 11.7. The summed E-state index contributed by atoms with van der Waals surface area (Å²) in [5.41, 5.74) is 0. The van der Waals surface area contributed by atoms with Gasteiger partial charge in [0.05, 0.1) is 5.92 Å². The molecule has 0 aliphatic rings. The van der Waals surface area contributed by atoms with Gasteiger partial charge in [-0.2, -0.15) is 0 Å². The molecule has 0 saturated heterocycles. The molecule has 0 bridgehead atoms. The Morgan fingerprint density at radius 2 is 1.71 bits per heavy atom. The summed E-state index contributed by atoms with van der Waals surface area (Å²) in [5, 5.41) is 11.5. The zero-order valence-electron chi connectivity index (χ0n) is 15.3. The van der Waals surface area contributed by atoms with Gasteiger partial charge in [0.2, 0.25) is 6.29 Å². The number of ether oxygens (including phenoxy) is 2. The second-order valence-corrected chi connectivity index (χ2v) is 6.54. The van der Waals surface area contributed by atoms with E-state index in [1.807, 2.05) is 0 Å². The normalized spacial score (nSPS) is 14.6. The van der Waals surface area contributed by atoms with Crippen molar-refractivity contribution in [2.24, 2.45) is 17.8 Å². The molecule has 0 aliphatic heterocycles. The molecule has 7 nitrogen and oxygen atoms in total. The molecule has 0 saturated carbocycles. The lowest BCUT2D eigenvalue weighted by atomic mass is 9.90. The number of carbonyl (C=O) groups excluding carboxylic acids is 2. The lowest BCUT2D eigenvalue weighted by Crippen LogP contribution is -2.35. The largest absolute Gasteiger partial charge is 0.481 e. The maximum atomic E-state index is 11.7. The summed E-state index contributed by atoms with van der Waals surface area (Å²) in [6.07, 6.45) is 1.05. The van der Waals surface area contributed by atoms with Gasteiger partial charge in [-0.15, -0.1) is 0 Å². The van der Waals surface area contributed by atoms with Crippen molar-refractivity contribution in [3.8, 4) is 0 Å². The Bertz CT molecular complexity index is 410. The zero-order chi connectivity index (χ0) is 18.7. The lowest BCUT2D eigenvalue weighted by Gasteiger charge is -2.21. The second kappa shape index (κ2) is 11.7. The summed E-state index contributed by atoms with van der Waals surface area (Å²) < 4.78 is 9.87. The third-order valence-electron chi connectivity index (χ3n) is 3.54. The highest BCUT2D eigenvalue weighted by Gasteiger charge is 2.20. The highest BCUT2D eigenvalue weighted by atomic mass is 16.7.